The number of para-hydroxylation sites is 1. The van der Waals surface area contributed by atoms with Crippen molar-refractivity contribution in [2.75, 3.05) is 5.32 Å². The summed E-state index contributed by atoms with van der Waals surface area (Å²) in [7, 11) is 0. The summed E-state index contributed by atoms with van der Waals surface area (Å²) in [6.07, 6.45) is 2.83. The molecule has 2 aromatic rings. The molecule has 1 heterocycles. The predicted octanol–water partition coefficient (Wildman–Crippen LogP) is 3.82. The smallest absolute Gasteiger partial charge is 0.266 e. The third-order valence-electron chi connectivity index (χ3n) is 2.98. The summed E-state index contributed by atoms with van der Waals surface area (Å²) >= 11 is 0. The molecule has 1 aliphatic rings. The second-order valence-corrected chi connectivity index (χ2v) is 4.34. The molecule has 0 bridgehead atoms. The van der Waals surface area contributed by atoms with Gasteiger partial charge in [-0.1, -0.05) is 42.5 Å². The Morgan fingerprint density at radius 1 is 0.842 bits per heavy atom. The molecule has 0 aliphatic carbocycles. The average Bonchev–Trinajstić information content (AvgIpc) is 3.01. The fraction of sp³-hybridized carbons (Fsp3) is 0.125. The van der Waals surface area contributed by atoms with Crippen LogP contribution >= 0.6 is 0 Å². The molecule has 2 aromatic carbocycles. The Balaban J connectivity index is 1.60. The summed E-state index contributed by atoms with van der Waals surface area (Å²) < 4.78 is 10.6. The Morgan fingerprint density at radius 3 is 2.21 bits per heavy atom. The van der Waals surface area contributed by atoms with Gasteiger partial charge in [0.15, 0.2) is 0 Å². The molecular formula is C16H15NO2. The largest absolute Gasteiger partial charge is 0.455 e. The van der Waals surface area contributed by atoms with Gasteiger partial charge >= 0.3 is 0 Å². The van der Waals surface area contributed by atoms with Crippen LogP contribution in [0.1, 0.15) is 17.4 Å². The number of anilines is 1. The van der Waals surface area contributed by atoms with Crippen LogP contribution in [-0.2, 0) is 16.0 Å². The van der Waals surface area contributed by atoms with E-state index in [0.717, 1.165) is 17.8 Å². The normalized spacial score (nSPS) is 13.9. The minimum atomic E-state index is -0.295. The van der Waals surface area contributed by atoms with Gasteiger partial charge in [-0.05, 0) is 17.7 Å². The first kappa shape index (κ1) is 11.7. The van der Waals surface area contributed by atoms with Gasteiger partial charge in [-0.3, -0.25) is 0 Å². The van der Waals surface area contributed by atoms with Gasteiger partial charge in [0.05, 0.1) is 0 Å². The summed E-state index contributed by atoms with van der Waals surface area (Å²) in [5, 5.41) is 3.38. The van der Waals surface area contributed by atoms with Crippen LogP contribution in [0.4, 0.5) is 5.69 Å². The van der Waals surface area contributed by atoms with Gasteiger partial charge in [0.2, 0.25) is 0 Å². The van der Waals surface area contributed by atoms with Crippen LogP contribution < -0.4 is 5.32 Å². The van der Waals surface area contributed by atoms with E-state index in [2.05, 4.69) is 29.6 Å². The van der Waals surface area contributed by atoms with E-state index in [0.29, 0.717) is 0 Å². The molecule has 1 N–H and O–H groups in total. The summed E-state index contributed by atoms with van der Waals surface area (Å²) in [4.78, 5) is 0. The maximum Gasteiger partial charge on any atom is 0.266 e. The zero-order chi connectivity index (χ0) is 12.9. The van der Waals surface area contributed by atoms with Crippen molar-refractivity contribution >= 4 is 5.69 Å². The van der Waals surface area contributed by atoms with Crippen LogP contribution in [0.5, 0.6) is 0 Å². The van der Waals surface area contributed by atoms with Crippen LogP contribution in [0.2, 0.25) is 0 Å². The lowest BCUT2D eigenvalue weighted by atomic mass is 10.1. The number of rotatable bonds is 4. The highest BCUT2D eigenvalue weighted by Crippen LogP contribution is 2.24. The average molecular weight is 253 g/mol. The van der Waals surface area contributed by atoms with Gasteiger partial charge < -0.3 is 14.8 Å². The molecule has 0 amide bonds. The van der Waals surface area contributed by atoms with Crippen molar-refractivity contribution in [3.05, 3.63) is 78.2 Å². The second kappa shape index (κ2) is 5.48. The molecule has 0 radical (unpaired) electrons. The van der Waals surface area contributed by atoms with Crippen LogP contribution in [-0.4, -0.2) is 0 Å². The molecule has 0 unspecified atom stereocenters. The van der Waals surface area contributed by atoms with Crippen molar-refractivity contribution in [1.29, 1.82) is 0 Å². The second-order valence-electron chi connectivity index (χ2n) is 4.34. The monoisotopic (exact) mass is 253 g/mol. The molecular weight excluding hydrogens is 238 g/mol. The molecule has 3 heteroatoms. The molecule has 3 nitrogen and oxygen atoms in total. The third kappa shape index (κ3) is 2.88. The lowest BCUT2D eigenvalue weighted by Crippen LogP contribution is -2.01. The fourth-order valence-corrected chi connectivity index (χ4v) is 1.95. The maximum absolute atomic E-state index is 5.29. The molecule has 96 valence electrons. The van der Waals surface area contributed by atoms with E-state index in [4.69, 9.17) is 9.47 Å². The molecule has 0 fully saturated rings. The molecule has 1 aliphatic heterocycles. The van der Waals surface area contributed by atoms with E-state index in [1.807, 2.05) is 30.3 Å². The van der Waals surface area contributed by atoms with Gasteiger partial charge in [0.25, 0.3) is 6.29 Å². The van der Waals surface area contributed by atoms with E-state index < -0.39 is 0 Å². The number of nitrogens with one attached hydrogen (secondary N) is 1. The van der Waals surface area contributed by atoms with Crippen LogP contribution in [0.3, 0.4) is 0 Å². The molecule has 3 rings (SSSR count). The van der Waals surface area contributed by atoms with Gasteiger partial charge in [-0.15, -0.1) is 0 Å². The van der Waals surface area contributed by atoms with E-state index in [-0.39, 0.29) is 6.29 Å². The Labute approximate surface area is 112 Å². The summed E-state index contributed by atoms with van der Waals surface area (Å²) in [6, 6.07) is 18.4. The lowest BCUT2D eigenvalue weighted by molar-refractivity contribution is -0.0246. The van der Waals surface area contributed by atoms with Crippen LogP contribution in [0, 0.1) is 0 Å². The minimum Gasteiger partial charge on any atom is -0.455 e. The van der Waals surface area contributed by atoms with Crippen molar-refractivity contribution in [3.63, 3.8) is 0 Å². The Morgan fingerprint density at radius 2 is 1.53 bits per heavy atom. The van der Waals surface area contributed by atoms with Gasteiger partial charge in [-0.25, -0.2) is 0 Å². The zero-order valence-corrected chi connectivity index (χ0v) is 10.5. The molecule has 19 heavy (non-hydrogen) atoms. The first-order chi connectivity index (χ1) is 9.42. The van der Waals surface area contributed by atoms with Crippen molar-refractivity contribution in [3.8, 4) is 0 Å². The van der Waals surface area contributed by atoms with Crippen molar-refractivity contribution in [2.24, 2.45) is 0 Å². The molecule has 0 saturated carbocycles. The number of benzene rings is 2. The number of ether oxygens (including phenoxy) is 2. The highest BCUT2D eigenvalue weighted by molar-refractivity contribution is 5.43. The van der Waals surface area contributed by atoms with Gasteiger partial charge in [0, 0.05) is 17.8 Å². The third-order valence-corrected chi connectivity index (χ3v) is 2.98. The van der Waals surface area contributed by atoms with Crippen molar-refractivity contribution in [2.45, 2.75) is 12.8 Å². The van der Waals surface area contributed by atoms with Gasteiger partial charge in [0.1, 0.15) is 12.5 Å². The Bertz CT molecular complexity index is 541. The SMILES string of the molecule is C1=COC(c2ccc(CNc3ccccc3)cc2)O1. The Hall–Kier alpha value is -2.42. The first-order valence-electron chi connectivity index (χ1n) is 6.25. The molecule has 0 saturated heterocycles. The summed E-state index contributed by atoms with van der Waals surface area (Å²) in [5.74, 6) is 0. The van der Waals surface area contributed by atoms with Crippen molar-refractivity contribution < 1.29 is 9.47 Å². The topological polar surface area (TPSA) is 30.5 Å². The van der Waals surface area contributed by atoms with Crippen molar-refractivity contribution in [1.82, 2.24) is 0 Å². The first-order valence-corrected chi connectivity index (χ1v) is 6.25. The fourth-order valence-electron chi connectivity index (χ4n) is 1.95. The minimum absolute atomic E-state index is 0.295. The van der Waals surface area contributed by atoms with Gasteiger partial charge in [-0.2, -0.15) is 0 Å². The molecule has 0 atom stereocenters. The summed E-state index contributed by atoms with van der Waals surface area (Å²) in [6.45, 7) is 0.801. The highest BCUT2D eigenvalue weighted by Gasteiger charge is 2.14. The maximum atomic E-state index is 5.29. The van der Waals surface area contributed by atoms with Crippen LogP contribution in [0.15, 0.2) is 67.1 Å². The standard InChI is InChI=1S/C16H15NO2/c1-2-4-15(5-3-1)17-12-13-6-8-14(9-7-13)16-18-10-11-19-16/h1-11,16-17H,12H2. The predicted molar refractivity (Wildman–Crippen MR) is 74.3 cm³/mol. The van der Waals surface area contributed by atoms with Crippen LogP contribution in [0.25, 0.3) is 0 Å². The van der Waals surface area contributed by atoms with E-state index in [1.54, 1.807) is 12.5 Å². The van der Waals surface area contributed by atoms with E-state index in [9.17, 15) is 0 Å². The summed E-state index contributed by atoms with van der Waals surface area (Å²) in [5.41, 5.74) is 3.37. The molecule has 0 spiro atoms. The van der Waals surface area contributed by atoms with E-state index in [1.165, 1.54) is 5.56 Å². The zero-order valence-electron chi connectivity index (χ0n) is 10.5. The van der Waals surface area contributed by atoms with E-state index >= 15 is 0 Å². The Kier molecular flexibility index (Phi) is 3.36. The quantitative estimate of drug-likeness (QED) is 0.898. The number of hydrogen-bond acceptors (Lipinski definition) is 3. The lowest BCUT2D eigenvalue weighted by Gasteiger charge is -2.11. The number of hydrogen-bond donors (Lipinski definition) is 1. The highest BCUT2D eigenvalue weighted by atomic mass is 16.7. The molecule has 0 aromatic heterocycles.